The van der Waals surface area contributed by atoms with Crippen LogP contribution in [0, 0.1) is 13.8 Å². The Hall–Kier alpha value is -0.450. The van der Waals surface area contributed by atoms with Crippen LogP contribution in [0.2, 0.25) is 0 Å². The number of nitrogens with one attached hydrogen (secondary N) is 2. The van der Waals surface area contributed by atoms with Crippen LogP contribution in [-0.4, -0.2) is 25.1 Å². The molecular weight excluding hydrogens is 194 g/mol. The summed E-state index contributed by atoms with van der Waals surface area (Å²) in [5.41, 5.74) is 1.17. The molecule has 1 aromatic rings. The lowest BCUT2D eigenvalue weighted by molar-refractivity contribution is 0.627. The van der Waals surface area contributed by atoms with Gasteiger partial charge in [0, 0.05) is 11.4 Å². The van der Waals surface area contributed by atoms with Crippen molar-refractivity contribution in [1.82, 2.24) is 15.6 Å². The van der Waals surface area contributed by atoms with E-state index in [2.05, 4.69) is 29.5 Å². The Balaban J connectivity index is 2.21. The first-order valence-electron chi connectivity index (χ1n) is 5.02. The maximum absolute atomic E-state index is 4.39. The van der Waals surface area contributed by atoms with Crippen molar-refractivity contribution in [3.8, 4) is 0 Å². The molecule has 4 heteroatoms. The molecule has 1 heterocycles. The summed E-state index contributed by atoms with van der Waals surface area (Å²) in [5.74, 6) is 0. The maximum Gasteiger partial charge on any atom is 0.0900 e. The third-order valence-electron chi connectivity index (χ3n) is 2.07. The van der Waals surface area contributed by atoms with Crippen LogP contribution in [0.4, 0.5) is 0 Å². The molecule has 14 heavy (non-hydrogen) atoms. The molecule has 0 spiro atoms. The Morgan fingerprint density at radius 2 is 2.07 bits per heavy atom. The first kappa shape index (κ1) is 11.6. The van der Waals surface area contributed by atoms with Gasteiger partial charge in [-0.1, -0.05) is 0 Å². The van der Waals surface area contributed by atoms with Gasteiger partial charge in [-0.3, -0.25) is 0 Å². The standard InChI is InChI=1S/C10H19N3S/c1-8-10(14-9(2)13-8)7-12-6-4-5-11-3/h11-12H,4-7H2,1-3H3. The molecule has 2 N–H and O–H groups in total. The van der Waals surface area contributed by atoms with Crippen molar-refractivity contribution in [3.05, 3.63) is 15.6 Å². The first-order chi connectivity index (χ1) is 6.74. The van der Waals surface area contributed by atoms with Crippen LogP contribution >= 0.6 is 11.3 Å². The fourth-order valence-corrected chi connectivity index (χ4v) is 2.24. The molecule has 0 bridgehead atoms. The highest BCUT2D eigenvalue weighted by Gasteiger charge is 2.02. The molecule has 0 aliphatic rings. The zero-order chi connectivity index (χ0) is 10.4. The van der Waals surface area contributed by atoms with Crippen molar-refractivity contribution in [1.29, 1.82) is 0 Å². The largest absolute Gasteiger partial charge is 0.320 e. The van der Waals surface area contributed by atoms with Gasteiger partial charge >= 0.3 is 0 Å². The number of hydrogen-bond acceptors (Lipinski definition) is 4. The molecule has 0 atom stereocenters. The summed E-state index contributed by atoms with van der Waals surface area (Å²) in [5, 5.41) is 7.71. The second-order valence-corrected chi connectivity index (χ2v) is 4.66. The van der Waals surface area contributed by atoms with E-state index >= 15 is 0 Å². The molecule has 0 saturated heterocycles. The molecule has 0 amide bonds. The lowest BCUT2D eigenvalue weighted by Crippen LogP contribution is -2.19. The minimum atomic E-state index is 0.959. The average molecular weight is 213 g/mol. The molecule has 0 unspecified atom stereocenters. The molecule has 0 aromatic carbocycles. The summed E-state index contributed by atoms with van der Waals surface area (Å²) in [4.78, 5) is 5.76. The molecule has 0 aliphatic carbocycles. The van der Waals surface area contributed by atoms with E-state index in [0.29, 0.717) is 0 Å². The summed E-state index contributed by atoms with van der Waals surface area (Å²) in [6.45, 7) is 7.24. The van der Waals surface area contributed by atoms with Crippen LogP contribution in [0.1, 0.15) is 22.0 Å². The van der Waals surface area contributed by atoms with Crippen LogP contribution in [0.15, 0.2) is 0 Å². The SMILES string of the molecule is CNCCCNCc1sc(C)nc1C. The molecule has 0 aliphatic heterocycles. The number of thiazole rings is 1. The second kappa shape index (κ2) is 6.11. The predicted molar refractivity (Wildman–Crippen MR) is 61.8 cm³/mol. The van der Waals surface area contributed by atoms with Crippen LogP contribution in [0.5, 0.6) is 0 Å². The van der Waals surface area contributed by atoms with Crippen molar-refractivity contribution in [3.63, 3.8) is 0 Å². The van der Waals surface area contributed by atoms with Crippen molar-refractivity contribution < 1.29 is 0 Å². The number of hydrogen-bond donors (Lipinski definition) is 2. The van der Waals surface area contributed by atoms with Gasteiger partial charge < -0.3 is 10.6 Å². The lowest BCUT2D eigenvalue weighted by atomic mass is 10.3. The fourth-order valence-electron chi connectivity index (χ4n) is 1.33. The average Bonchev–Trinajstić information content (AvgIpc) is 2.45. The predicted octanol–water partition coefficient (Wildman–Crippen LogP) is 1.46. The van der Waals surface area contributed by atoms with Gasteiger partial charge in [0.1, 0.15) is 0 Å². The Morgan fingerprint density at radius 1 is 1.29 bits per heavy atom. The maximum atomic E-state index is 4.39. The summed E-state index contributed by atoms with van der Waals surface area (Å²) < 4.78 is 0. The second-order valence-electron chi connectivity index (χ2n) is 3.38. The van der Waals surface area contributed by atoms with Gasteiger partial charge in [-0.15, -0.1) is 11.3 Å². The Bertz CT molecular complexity index is 270. The molecule has 0 fully saturated rings. The topological polar surface area (TPSA) is 37.0 Å². The molecule has 3 nitrogen and oxygen atoms in total. The van der Waals surface area contributed by atoms with Gasteiger partial charge in [-0.05, 0) is 40.4 Å². The fraction of sp³-hybridized carbons (Fsp3) is 0.700. The van der Waals surface area contributed by atoms with Gasteiger partial charge in [-0.2, -0.15) is 0 Å². The van der Waals surface area contributed by atoms with Crippen molar-refractivity contribution in [2.24, 2.45) is 0 Å². The molecule has 80 valence electrons. The monoisotopic (exact) mass is 213 g/mol. The molecule has 1 aromatic heterocycles. The van der Waals surface area contributed by atoms with Crippen molar-refractivity contribution >= 4 is 11.3 Å². The molecular formula is C10H19N3S. The minimum absolute atomic E-state index is 0.959. The smallest absolute Gasteiger partial charge is 0.0900 e. The highest BCUT2D eigenvalue weighted by Crippen LogP contribution is 2.16. The number of nitrogens with zero attached hydrogens (tertiary/aromatic N) is 1. The lowest BCUT2D eigenvalue weighted by Gasteiger charge is -2.02. The number of rotatable bonds is 6. The third kappa shape index (κ3) is 3.74. The number of aryl methyl sites for hydroxylation is 2. The Labute approximate surface area is 89.9 Å². The molecule has 0 saturated carbocycles. The van der Waals surface area contributed by atoms with E-state index in [1.807, 2.05) is 7.05 Å². The Morgan fingerprint density at radius 3 is 2.64 bits per heavy atom. The summed E-state index contributed by atoms with van der Waals surface area (Å²) in [7, 11) is 1.98. The highest BCUT2D eigenvalue weighted by atomic mass is 32.1. The van der Waals surface area contributed by atoms with Gasteiger partial charge in [0.15, 0.2) is 0 Å². The quantitative estimate of drug-likeness (QED) is 0.703. The zero-order valence-electron chi connectivity index (χ0n) is 9.18. The van der Waals surface area contributed by atoms with Crippen LogP contribution in [0.25, 0.3) is 0 Å². The Kier molecular flexibility index (Phi) is 5.07. The van der Waals surface area contributed by atoms with Crippen molar-refractivity contribution in [2.45, 2.75) is 26.8 Å². The summed E-state index contributed by atoms with van der Waals surface area (Å²) >= 11 is 1.79. The van der Waals surface area contributed by atoms with E-state index in [1.54, 1.807) is 11.3 Å². The van der Waals surface area contributed by atoms with E-state index in [0.717, 1.165) is 24.6 Å². The van der Waals surface area contributed by atoms with E-state index in [1.165, 1.54) is 17.0 Å². The van der Waals surface area contributed by atoms with Crippen molar-refractivity contribution in [2.75, 3.05) is 20.1 Å². The van der Waals surface area contributed by atoms with Crippen LogP contribution in [0.3, 0.4) is 0 Å². The summed E-state index contributed by atoms with van der Waals surface area (Å²) in [6.07, 6.45) is 1.17. The molecule has 1 rings (SSSR count). The minimum Gasteiger partial charge on any atom is -0.320 e. The van der Waals surface area contributed by atoms with E-state index < -0.39 is 0 Å². The van der Waals surface area contributed by atoms with E-state index in [4.69, 9.17) is 0 Å². The third-order valence-corrected chi connectivity index (χ3v) is 3.14. The zero-order valence-corrected chi connectivity index (χ0v) is 10.0. The van der Waals surface area contributed by atoms with E-state index in [-0.39, 0.29) is 0 Å². The van der Waals surface area contributed by atoms with Gasteiger partial charge in [0.25, 0.3) is 0 Å². The van der Waals surface area contributed by atoms with E-state index in [9.17, 15) is 0 Å². The normalized spacial score (nSPS) is 10.8. The van der Waals surface area contributed by atoms with Gasteiger partial charge in [-0.25, -0.2) is 4.98 Å². The van der Waals surface area contributed by atoms with Crippen LogP contribution < -0.4 is 10.6 Å². The van der Waals surface area contributed by atoms with Crippen LogP contribution in [-0.2, 0) is 6.54 Å². The van der Waals surface area contributed by atoms with Gasteiger partial charge in [0.2, 0.25) is 0 Å². The number of aromatic nitrogens is 1. The summed E-state index contributed by atoms with van der Waals surface area (Å²) in [6, 6.07) is 0. The molecule has 0 radical (unpaired) electrons. The first-order valence-corrected chi connectivity index (χ1v) is 5.84. The highest BCUT2D eigenvalue weighted by molar-refractivity contribution is 7.11. The van der Waals surface area contributed by atoms with Gasteiger partial charge in [0.05, 0.1) is 10.7 Å².